The van der Waals surface area contributed by atoms with Crippen LogP contribution in [0.15, 0.2) is 23.8 Å². The molecule has 0 atom stereocenters. The highest BCUT2D eigenvalue weighted by molar-refractivity contribution is 6.01. The van der Waals surface area contributed by atoms with Crippen LogP contribution in [-0.4, -0.2) is 12.5 Å². The molecule has 1 amide bonds. The van der Waals surface area contributed by atoms with Gasteiger partial charge in [0, 0.05) is 6.54 Å². The molecule has 0 saturated carbocycles. The number of hydrogen-bond acceptors (Lipinski definition) is 2. The van der Waals surface area contributed by atoms with Gasteiger partial charge in [-0.25, -0.2) is 0 Å². The number of carbonyl (C=O) groups is 1. The highest BCUT2D eigenvalue weighted by atomic mass is 16.1. The van der Waals surface area contributed by atoms with Crippen molar-refractivity contribution in [3.8, 4) is 6.07 Å². The SMILES string of the molecule is CCCCNC(=O)/C(C#N)=C/c1ccc(C)c(C)c1. The maximum Gasteiger partial charge on any atom is 0.261 e. The molecule has 100 valence electrons. The van der Waals surface area contributed by atoms with E-state index in [0.717, 1.165) is 24.0 Å². The van der Waals surface area contributed by atoms with E-state index in [2.05, 4.69) is 12.2 Å². The zero-order valence-corrected chi connectivity index (χ0v) is 11.8. The minimum atomic E-state index is -0.297. The number of benzene rings is 1. The van der Waals surface area contributed by atoms with E-state index in [-0.39, 0.29) is 11.5 Å². The van der Waals surface area contributed by atoms with Crippen molar-refractivity contribution >= 4 is 12.0 Å². The number of rotatable bonds is 5. The minimum absolute atomic E-state index is 0.152. The first-order chi connectivity index (χ1) is 9.08. The molecule has 1 rings (SSSR count). The van der Waals surface area contributed by atoms with Crippen molar-refractivity contribution in [3.05, 3.63) is 40.5 Å². The molecule has 0 fully saturated rings. The number of carbonyl (C=O) groups excluding carboxylic acids is 1. The van der Waals surface area contributed by atoms with Gasteiger partial charge in [-0.2, -0.15) is 5.26 Å². The molecule has 19 heavy (non-hydrogen) atoms. The topological polar surface area (TPSA) is 52.9 Å². The van der Waals surface area contributed by atoms with Crippen LogP contribution in [0, 0.1) is 25.2 Å². The lowest BCUT2D eigenvalue weighted by Crippen LogP contribution is -2.25. The van der Waals surface area contributed by atoms with E-state index in [0.29, 0.717) is 6.54 Å². The second-order valence-electron chi connectivity index (χ2n) is 4.62. The van der Waals surface area contributed by atoms with Crippen LogP contribution in [-0.2, 0) is 4.79 Å². The molecule has 0 heterocycles. The van der Waals surface area contributed by atoms with Crippen LogP contribution in [0.1, 0.15) is 36.5 Å². The predicted octanol–water partition coefficient (Wildman–Crippen LogP) is 3.13. The number of nitrogens with one attached hydrogen (secondary N) is 1. The Bertz CT molecular complexity index is 524. The summed E-state index contributed by atoms with van der Waals surface area (Å²) in [6, 6.07) is 7.85. The van der Waals surface area contributed by atoms with Crippen molar-refractivity contribution in [2.75, 3.05) is 6.54 Å². The van der Waals surface area contributed by atoms with E-state index in [1.807, 2.05) is 38.1 Å². The Morgan fingerprint density at radius 3 is 2.68 bits per heavy atom. The first kappa shape index (κ1) is 15.0. The smallest absolute Gasteiger partial charge is 0.261 e. The number of nitrogens with zero attached hydrogens (tertiary/aromatic N) is 1. The molecule has 0 spiro atoms. The number of amides is 1. The average Bonchev–Trinajstić information content (AvgIpc) is 2.40. The van der Waals surface area contributed by atoms with Gasteiger partial charge in [0.25, 0.3) is 5.91 Å². The Morgan fingerprint density at radius 2 is 2.11 bits per heavy atom. The highest BCUT2D eigenvalue weighted by Crippen LogP contribution is 2.13. The fourth-order valence-electron chi connectivity index (χ4n) is 1.64. The predicted molar refractivity (Wildman–Crippen MR) is 77.4 cm³/mol. The molecule has 3 heteroatoms. The lowest BCUT2D eigenvalue weighted by atomic mass is 10.0. The zero-order chi connectivity index (χ0) is 14.3. The van der Waals surface area contributed by atoms with E-state index in [4.69, 9.17) is 5.26 Å². The maximum atomic E-state index is 11.8. The third kappa shape index (κ3) is 4.59. The van der Waals surface area contributed by atoms with Crippen molar-refractivity contribution in [3.63, 3.8) is 0 Å². The standard InChI is InChI=1S/C16H20N2O/c1-4-5-8-18-16(19)15(11-17)10-14-7-6-12(2)13(3)9-14/h6-7,9-10H,4-5,8H2,1-3H3,(H,18,19)/b15-10+. The summed E-state index contributed by atoms with van der Waals surface area (Å²) in [5.41, 5.74) is 3.38. The summed E-state index contributed by atoms with van der Waals surface area (Å²) in [4.78, 5) is 11.8. The van der Waals surface area contributed by atoms with Gasteiger partial charge in [0.05, 0.1) is 0 Å². The van der Waals surface area contributed by atoms with Gasteiger partial charge in [-0.05, 0) is 43.0 Å². The van der Waals surface area contributed by atoms with E-state index in [9.17, 15) is 4.79 Å². The van der Waals surface area contributed by atoms with Crippen molar-refractivity contribution in [1.29, 1.82) is 5.26 Å². The Morgan fingerprint density at radius 1 is 1.37 bits per heavy atom. The van der Waals surface area contributed by atoms with Gasteiger partial charge in [0.1, 0.15) is 11.6 Å². The molecule has 0 aromatic heterocycles. The zero-order valence-electron chi connectivity index (χ0n) is 11.8. The Balaban J connectivity index is 2.84. The quantitative estimate of drug-likeness (QED) is 0.500. The van der Waals surface area contributed by atoms with Gasteiger partial charge in [-0.15, -0.1) is 0 Å². The Kier molecular flexibility index (Phi) is 5.81. The number of unbranched alkanes of at least 4 members (excludes halogenated alkanes) is 1. The van der Waals surface area contributed by atoms with Crippen LogP contribution < -0.4 is 5.32 Å². The van der Waals surface area contributed by atoms with Crippen molar-refractivity contribution in [2.45, 2.75) is 33.6 Å². The summed E-state index contributed by atoms with van der Waals surface area (Å²) in [5, 5.41) is 11.8. The van der Waals surface area contributed by atoms with Crippen molar-refractivity contribution < 1.29 is 4.79 Å². The monoisotopic (exact) mass is 256 g/mol. The molecule has 1 aromatic carbocycles. The third-order valence-corrected chi connectivity index (χ3v) is 3.02. The second-order valence-corrected chi connectivity index (χ2v) is 4.62. The second kappa shape index (κ2) is 7.38. The van der Waals surface area contributed by atoms with E-state index < -0.39 is 0 Å². The summed E-state index contributed by atoms with van der Waals surface area (Å²) in [7, 11) is 0. The Hall–Kier alpha value is -2.08. The molecule has 3 nitrogen and oxygen atoms in total. The molecule has 0 saturated heterocycles. The summed E-state index contributed by atoms with van der Waals surface area (Å²) in [6.07, 6.45) is 3.57. The van der Waals surface area contributed by atoms with Crippen molar-refractivity contribution in [2.24, 2.45) is 0 Å². The fourth-order valence-corrected chi connectivity index (χ4v) is 1.64. The first-order valence-corrected chi connectivity index (χ1v) is 6.55. The molecule has 0 bridgehead atoms. The molecule has 0 radical (unpaired) electrons. The molecule has 0 unspecified atom stereocenters. The number of hydrogen-bond donors (Lipinski definition) is 1. The van der Waals surface area contributed by atoms with Crippen LogP contribution in [0.3, 0.4) is 0 Å². The first-order valence-electron chi connectivity index (χ1n) is 6.55. The van der Waals surface area contributed by atoms with Gasteiger partial charge in [0.2, 0.25) is 0 Å². The van der Waals surface area contributed by atoms with Gasteiger partial charge >= 0.3 is 0 Å². The lowest BCUT2D eigenvalue weighted by molar-refractivity contribution is -0.117. The third-order valence-electron chi connectivity index (χ3n) is 3.02. The van der Waals surface area contributed by atoms with Crippen LogP contribution in [0.2, 0.25) is 0 Å². The lowest BCUT2D eigenvalue weighted by Gasteiger charge is -2.04. The molecule has 0 aliphatic carbocycles. The largest absolute Gasteiger partial charge is 0.351 e. The van der Waals surface area contributed by atoms with Crippen LogP contribution in [0.25, 0.3) is 6.08 Å². The molecule has 0 aliphatic rings. The normalized spacial score (nSPS) is 10.9. The number of nitriles is 1. The van der Waals surface area contributed by atoms with E-state index in [1.54, 1.807) is 6.08 Å². The van der Waals surface area contributed by atoms with E-state index in [1.165, 1.54) is 5.56 Å². The van der Waals surface area contributed by atoms with Gasteiger partial charge in [-0.1, -0.05) is 31.5 Å². The number of aryl methyl sites for hydroxylation is 2. The highest BCUT2D eigenvalue weighted by Gasteiger charge is 2.08. The summed E-state index contributed by atoms with van der Waals surface area (Å²) in [5.74, 6) is -0.297. The average molecular weight is 256 g/mol. The van der Waals surface area contributed by atoms with Gasteiger partial charge in [-0.3, -0.25) is 4.79 Å². The van der Waals surface area contributed by atoms with Crippen LogP contribution in [0.4, 0.5) is 0 Å². The molecule has 1 N–H and O–H groups in total. The van der Waals surface area contributed by atoms with Gasteiger partial charge < -0.3 is 5.32 Å². The minimum Gasteiger partial charge on any atom is -0.351 e. The van der Waals surface area contributed by atoms with Crippen LogP contribution >= 0.6 is 0 Å². The summed E-state index contributed by atoms with van der Waals surface area (Å²) < 4.78 is 0. The van der Waals surface area contributed by atoms with Crippen LogP contribution in [0.5, 0.6) is 0 Å². The van der Waals surface area contributed by atoms with Gasteiger partial charge in [0.15, 0.2) is 0 Å². The molecule has 1 aromatic rings. The van der Waals surface area contributed by atoms with Crippen molar-refractivity contribution in [1.82, 2.24) is 5.32 Å². The molecular formula is C16H20N2O. The van der Waals surface area contributed by atoms with E-state index >= 15 is 0 Å². The molecular weight excluding hydrogens is 236 g/mol. The summed E-state index contributed by atoms with van der Waals surface area (Å²) in [6.45, 7) is 6.72. The fraction of sp³-hybridized carbons (Fsp3) is 0.375. The molecule has 0 aliphatic heterocycles. The Labute approximate surface area is 114 Å². The summed E-state index contributed by atoms with van der Waals surface area (Å²) >= 11 is 0. The maximum absolute atomic E-state index is 11.8.